The molecule has 0 radical (unpaired) electrons. The summed E-state index contributed by atoms with van der Waals surface area (Å²) >= 11 is 0. The van der Waals surface area contributed by atoms with Gasteiger partial charge in [0.25, 0.3) is 5.79 Å². The van der Waals surface area contributed by atoms with Crippen LogP contribution in [0.25, 0.3) is 0 Å². The number of carbonyl (C=O) groups excluding carboxylic acids is 2. The van der Waals surface area contributed by atoms with E-state index in [1.807, 2.05) is 0 Å². The third-order valence-electron chi connectivity index (χ3n) is 7.87. The standard InChI is InChI=1S/C25H42N2O19/c1-7(31)26-13-9(33)3-25(24(40)41,46-21(13)15(35)10(34)4-28)45-20-12(6-30)43-23(18(38)17(20)37)44-19-11(5-29)42-22(39)14(16(19)36)27-8(2)32/h9-23,28-30,33-39H,3-6H2,1-2H3,(H,26,31)(H,27,32)(H,40,41)/t9-,10+,11+,12+,13+,14+,15+,16+,17+,18+,19-,20-,21+,22?,23?,25+/m0/s1. The Hall–Kier alpha value is -2.19. The lowest BCUT2D eigenvalue weighted by Crippen LogP contribution is -2.71. The summed E-state index contributed by atoms with van der Waals surface area (Å²) in [5, 5.41) is 118. The number of hydrogen-bond donors (Lipinski definition) is 13. The van der Waals surface area contributed by atoms with Crippen LogP contribution in [-0.4, -0.2) is 191 Å². The maximum atomic E-state index is 12.6. The van der Waals surface area contributed by atoms with Crippen LogP contribution in [0.1, 0.15) is 20.3 Å². The van der Waals surface area contributed by atoms with Crippen LogP contribution in [0.3, 0.4) is 0 Å². The molecule has 2 unspecified atom stereocenters. The highest BCUT2D eigenvalue weighted by molar-refractivity contribution is 5.76. The van der Waals surface area contributed by atoms with Crippen LogP contribution in [0.4, 0.5) is 0 Å². The second kappa shape index (κ2) is 15.8. The van der Waals surface area contributed by atoms with Crippen molar-refractivity contribution in [3.8, 4) is 0 Å². The second-order valence-corrected chi connectivity index (χ2v) is 11.2. The first kappa shape index (κ1) is 38.3. The van der Waals surface area contributed by atoms with E-state index in [4.69, 9.17) is 23.7 Å². The Bertz CT molecular complexity index is 1050. The molecule has 3 heterocycles. The summed E-state index contributed by atoms with van der Waals surface area (Å²) in [4.78, 5) is 35.9. The van der Waals surface area contributed by atoms with Gasteiger partial charge in [-0.15, -0.1) is 0 Å². The minimum absolute atomic E-state index is 0.677. The highest BCUT2D eigenvalue weighted by Gasteiger charge is 2.60. The zero-order valence-corrected chi connectivity index (χ0v) is 24.7. The summed E-state index contributed by atoms with van der Waals surface area (Å²) < 4.78 is 27.4. The number of amides is 2. The summed E-state index contributed by atoms with van der Waals surface area (Å²) in [7, 11) is 0. The second-order valence-electron chi connectivity index (χ2n) is 11.2. The number of carboxylic acid groups (broad SMARTS) is 1. The predicted molar refractivity (Wildman–Crippen MR) is 142 cm³/mol. The first-order valence-electron chi connectivity index (χ1n) is 14.2. The van der Waals surface area contributed by atoms with Crippen molar-refractivity contribution in [2.45, 2.75) is 118 Å². The van der Waals surface area contributed by atoms with E-state index in [0.717, 1.165) is 13.8 Å². The van der Waals surface area contributed by atoms with Crippen LogP contribution >= 0.6 is 0 Å². The summed E-state index contributed by atoms with van der Waals surface area (Å²) in [6.45, 7) is -0.789. The van der Waals surface area contributed by atoms with E-state index in [0.29, 0.717) is 0 Å². The average molecular weight is 675 g/mol. The lowest BCUT2D eigenvalue weighted by molar-refractivity contribution is -0.380. The molecule has 46 heavy (non-hydrogen) atoms. The number of ether oxygens (including phenoxy) is 5. The van der Waals surface area contributed by atoms with Crippen LogP contribution < -0.4 is 10.6 Å². The third-order valence-corrected chi connectivity index (χ3v) is 7.87. The molecule has 0 aromatic heterocycles. The van der Waals surface area contributed by atoms with E-state index < -0.39 is 142 Å². The molecule has 3 aliphatic rings. The van der Waals surface area contributed by atoms with Gasteiger partial charge >= 0.3 is 5.97 Å². The molecule has 0 saturated carbocycles. The monoisotopic (exact) mass is 674 g/mol. The quantitative estimate of drug-likeness (QED) is 0.0913. The molecule has 21 nitrogen and oxygen atoms in total. The highest BCUT2D eigenvalue weighted by Crippen LogP contribution is 2.38. The summed E-state index contributed by atoms with van der Waals surface area (Å²) in [5.41, 5.74) is 0. The van der Waals surface area contributed by atoms with Crippen LogP contribution in [0.5, 0.6) is 0 Å². The Morgan fingerprint density at radius 2 is 1.41 bits per heavy atom. The number of hydrogen-bond acceptors (Lipinski definition) is 18. The van der Waals surface area contributed by atoms with E-state index in [1.54, 1.807) is 0 Å². The van der Waals surface area contributed by atoms with Gasteiger partial charge in [0.05, 0.1) is 32.0 Å². The van der Waals surface area contributed by atoms with Crippen molar-refractivity contribution < 1.29 is 94.2 Å². The fourth-order valence-corrected chi connectivity index (χ4v) is 5.57. The summed E-state index contributed by atoms with van der Waals surface area (Å²) in [6.07, 6.45) is -25.4. The van der Waals surface area contributed by atoms with Gasteiger partial charge in [0.1, 0.15) is 67.1 Å². The largest absolute Gasteiger partial charge is 0.477 e. The Kier molecular flexibility index (Phi) is 13.1. The molecule has 0 aromatic carbocycles. The first-order valence-corrected chi connectivity index (χ1v) is 14.2. The van der Waals surface area contributed by atoms with Crippen molar-refractivity contribution in [1.29, 1.82) is 0 Å². The topological polar surface area (TPSA) is 344 Å². The molecular formula is C25H42N2O19. The molecule has 21 heteroatoms. The van der Waals surface area contributed by atoms with E-state index >= 15 is 0 Å². The van der Waals surface area contributed by atoms with E-state index in [9.17, 15) is 70.6 Å². The molecular weight excluding hydrogens is 632 g/mol. The molecule has 3 aliphatic heterocycles. The minimum Gasteiger partial charge on any atom is -0.477 e. The average Bonchev–Trinajstić information content (AvgIpc) is 2.99. The molecule has 2 amide bonds. The van der Waals surface area contributed by atoms with Gasteiger partial charge in [0.15, 0.2) is 12.6 Å². The van der Waals surface area contributed by atoms with Crippen molar-refractivity contribution in [2.24, 2.45) is 0 Å². The van der Waals surface area contributed by atoms with E-state index in [-0.39, 0.29) is 0 Å². The van der Waals surface area contributed by atoms with E-state index in [2.05, 4.69) is 10.6 Å². The first-order chi connectivity index (χ1) is 21.5. The van der Waals surface area contributed by atoms with Gasteiger partial charge in [-0.3, -0.25) is 9.59 Å². The van der Waals surface area contributed by atoms with Gasteiger partial charge in [-0.05, 0) is 0 Å². The lowest BCUT2D eigenvalue weighted by Gasteiger charge is -2.50. The van der Waals surface area contributed by atoms with Gasteiger partial charge in [-0.2, -0.15) is 0 Å². The zero-order valence-electron chi connectivity index (χ0n) is 24.7. The summed E-state index contributed by atoms with van der Waals surface area (Å²) in [5.74, 6) is -6.35. The number of carbonyl (C=O) groups is 3. The Labute approximate surface area is 260 Å². The molecule has 3 saturated heterocycles. The SMILES string of the molecule is CC(=O)N[C@H]1[C@H]([C@H](O)[C@H](O)CO)O[C@@](O[C@@H]2[C@H](O)[C@@H](O)C(O[C@@H]3[C@H](O)[C@@H](NC(C)=O)C(O)O[C@@H]3CO)O[C@@H]2CO)(C(=O)O)C[C@@H]1O. The number of rotatable bonds is 12. The fraction of sp³-hybridized carbons (Fsp3) is 0.880. The van der Waals surface area contributed by atoms with Crippen molar-refractivity contribution in [3.63, 3.8) is 0 Å². The fourth-order valence-electron chi connectivity index (χ4n) is 5.57. The maximum Gasteiger partial charge on any atom is 0.364 e. The zero-order chi connectivity index (χ0) is 34.7. The third kappa shape index (κ3) is 8.08. The molecule has 3 rings (SSSR count). The number of aliphatic carboxylic acids is 1. The smallest absolute Gasteiger partial charge is 0.364 e. The maximum absolute atomic E-state index is 12.6. The summed E-state index contributed by atoms with van der Waals surface area (Å²) in [6, 6.07) is -3.00. The van der Waals surface area contributed by atoms with Crippen molar-refractivity contribution in [1.82, 2.24) is 10.6 Å². The van der Waals surface area contributed by atoms with Gasteiger partial charge in [-0.1, -0.05) is 0 Å². The molecule has 0 aliphatic carbocycles. The molecule has 0 bridgehead atoms. The Morgan fingerprint density at radius 1 is 0.848 bits per heavy atom. The molecule has 16 atom stereocenters. The molecule has 3 fully saturated rings. The number of carboxylic acids is 1. The van der Waals surface area contributed by atoms with E-state index in [1.165, 1.54) is 0 Å². The molecule has 266 valence electrons. The number of aliphatic hydroxyl groups excluding tert-OH is 10. The molecule has 0 aromatic rings. The van der Waals surface area contributed by atoms with Gasteiger partial charge < -0.3 is 90.5 Å². The number of nitrogens with one attached hydrogen (secondary N) is 2. The van der Waals surface area contributed by atoms with Crippen molar-refractivity contribution in [2.75, 3.05) is 19.8 Å². The lowest BCUT2D eigenvalue weighted by atomic mass is 9.88. The number of aliphatic hydroxyl groups is 10. The van der Waals surface area contributed by atoms with Gasteiger partial charge in [-0.25, -0.2) is 4.79 Å². The van der Waals surface area contributed by atoms with Gasteiger partial charge in [0.2, 0.25) is 11.8 Å². The van der Waals surface area contributed by atoms with Crippen LogP contribution in [0.2, 0.25) is 0 Å². The van der Waals surface area contributed by atoms with Crippen LogP contribution in [0.15, 0.2) is 0 Å². The highest BCUT2D eigenvalue weighted by atomic mass is 16.8. The minimum atomic E-state index is -2.98. The Morgan fingerprint density at radius 3 is 1.93 bits per heavy atom. The van der Waals surface area contributed by atoms with Crippen molar-refractivity contribution in [3.05, 3.63) is 0 Å². The van der Waals surface area contributed by atoms with Crippen LogP contribution in [-0.2, 0) is 38.1 Å². The molecule has 13 N–H and O–H groups in total. The van der Waals surface area contributed by atoms with Gasteiger partial charge in [0, 0.05) is 20.3 Å². The normalized spacial score (nSPS) is 42.9. The Balaban J connectivity index is 1.88. The predicted octanol–water partition coefficient (Wildman–Crippen LogP) is -8.08. The molecule has 0 spiro atoms. The van der Waals surface area contributed by atoms with Crippen LogP contribution in [0, 0.1) is 0 Å². The van der Waals surface area contributed by atoms with Crippen molar-refractivity contribution >= 4 is 17.8 Å².